The molecule has 1 aliphatic heterocycles. The van der Waals surface area contributed by atoms with E-state index in [0.29, 0.717) is 6.61 Å². The molecule has 12 heavy (non-hydrogen) atoms. The van der Waals surface area contributed by atoms with E-state index in [-0.39, 0.29) is 6.23 Å². The number of hydrogen-bond donors (Lipinski definition) is 2. The number of hydrogen-bond acceptors (Lipinski definition) is 4. The molecule has 0 aliphatic carbocycles. The Labute approximate surface area is 73.2 Å². The molecule has 1 unspecified atom stereocenters. The van der Waals surface area contributed by atoms with Crippen LogP contribution in [0.5, 0.6) is 0 Å². The summed E-state index contributed by atoms with van der Waals surface area (Å²) in [7, 11) is 0. The van der Waals surface area contributed by atoms with Gasteiger partial charge in [0.2, 0.25) is 0 Å². The van der Waals surface area contributed by atoms with Gasteiger partial charge in [0.15, 0.2) is 0 Å². The van der Waals surface area contributed by atoms with Crippen LogP contribution in [0.25, 0.3) is 0 Å². The van der Waals surface area contributed by atoms with Gasteiger partial charge < -0.3 is 9.94 Å². The normalized spacial score (nSPS) is 26.0. The number of nitrogens with two attached hydrogens (primary N) is 1. The van der Waals surface area contributed by atoms with Crippen LogP contribution in [0.4, 0.5) is 0 Å². The third-order valence-electron chi connectivity index (χ3n) is 2.29. The molecule has 1 saturated heterocycles. The molecule has 72 valence electrons. The highest BCUT2D eigenvalue weighted by Gasteiger charge is 2.18. The lowest BCUT2D eigenvalue weighted by molar-refractivity contribution is -0.0279. The molecule has 0 aromatic heterocycles. The first-order chi connectivity index (χ1) is 5.84. The van der Waals surface area contributed by atoms with E-state index in [1.807, 2.05) is 0 Å². The molecule has 4 nitrogen and oxygen atoms in total. The summed E-state index contributed by atoms with van der Waals surface area (Å²) in [5.41, 5.74) is 0. The molecule has 1 atom stereocenters. The Morgan fingerprint density at radius 2 is 2.33 bits per heavy atom. The summed E-state index contributed by atoms with van der Waals surface area (Å²) < 4.78 is 0. The van der Waals surface area contributed by atoms with Gasteiger partial charge in [0.05, 0.1) is 6.61 Å². The average molecular weight is 174 g/mol. The Morgan fingerprint density at radius 1 is 1.50 bits per heavy atom. The summed E-state index contributed by atoms with van der Waals surface area (Å²) in [5.74, 6) is 4.90. The summed E-state index contributed by atoms with van der Waals surface area (Å²) in [6, 6.07) is 0. The Morgan fingerprint density at radius 3 is 3.00 bits per heavy atom. The summed E-state index contributed by atoms with van der Waals surface area (Å²) in [5, 5.41) is 9.52. The van der Waals surface area contributed by atoms with Gasteiger partial charge in [-0.15, -0.1) is 0 Å². The first kappa shape index (κ1) is 9.92. The van der Waals surface area contributed by atoms with Gasteiger partial charge in [-0.3, -0.25) is 4.90 Å². The van der Waals surface area contributed by atoms with Crippen molar-refractivity contribution in [2.45, 2.75) is 31.9 Å². The van der Waals surface area contributed by atoms with E-state index in [2.05, 4.69) is 9.74 Å². The molecule has 1 rings (SSSR count). The highest BCUT2D eigenvalue weighted by atomic mass is 16.6. The largest absolute Gasteiger partial charge is 0.378 e. The first-order valence-corrected chi connectivity index (χ1v) is 4.58. The van der Waals surface area contributed by atoms with E-state index in [1.165, 1.54) is 6.42 Å². The van der Waals surface area contributed by atoms with Crippen LogP contribution < -0.4 is 5.90 Å². The molecule has 1 aliphatic rings. The van der Waals surface area contributed by atoms with Gasteiger partial charge in [0.25, 0.3) is 0 Å². The zero-order valence-electron chi connectivity index (χ0n) is 7.41. The van der Waals surface area contributed by atoms with Crippen molar-refractivity contribution in [1.82, 2.24) is 4.90 Å². The Balaban J connectivity index is 2.11. The van der Waals surface area contributed by atoms with Crippen molar-refractivity contribution in [3.8, 4) is 0 Å². The third kappa shape index (κ3) is 3.06. The van der Waals surface area contributed by atoms with Crippen molar-refractivity contribution < 1.29 is 9.94 Å². The van der Waals surface area contributed by atoms with Crippen molar-refractivity contribution in [2.24, 2.45) is 5.90 Å². The van der Waals surface area contributed by atoms with Crippen molar-refractivity contribution in [3.63, 3.8) is 0 Å². The van der Waals surface area contributed by atoms with Crippen LogP contribution in [0.15, 0.2) is 0 Å². The van der Waals surface area contributed by atoms with E-state index in [9.17, 15) is 5.11 Å². The Hall–Kier alpha value is -0.160. The van der Waals surface area contributed by atoms with Crippen LogP contribution in [0.2, 0.25) is 0 Å². The smallest absolute Gasteiger partial charge is 0.107 e. The molecule has 0 spiro atoms. The first-order valence-electron chi connectivity index (χ1n) is 4.58. The molecule has 1 fully saturated rings. The van der Waals surface area contributed by atoms with Gasteiger partial charge >= 0.3 is 0 Å². The molecule has 1 heterocycles. The molecule has 0 bridgehead atoms. The van der Waals surface area contributed by atoms with Gasteiger partial charge in [0.1, 0.15) is 6.23 Å². The van der Waals surface area contributed by atoms with E-state index in [0.717, 1.165) is 32.4 Å². The third-order valence-corrected chi connectivity index (χ3v) is 2.29. The van der Waals surface area contributed by atoms with Crippen LogP contribution in [-0.4, -0.2) is 35.9 Å². The van der Waals surface area contributed by atoms with E-state index >= 15 is 0 Å². The molecule has 3 N–H and O–H groups in total. The number of aliphatic hydroxyl groups is 1. The summed E-state index contributed by atoms with van der Waals surface area (Å²) in [6.45, 7) is 2.47. The fraction of sp³-hybridized carbons (Fsp3) is 1.00. The monoisotopic (exact) mass is 174 g/mol. The van der Waals surface area contributed by atoms with Crippen LogP contribution in [-0.2, 0) is 4.84 Å². The number of piperidine rings is 1. The van der Waals surface area contributed by atoms with Crippen molar-refractivity contribution in [3.05, 3.63) is 0 Å². The van der Waals surface area contributed by atoms with Crippen molar-refractivity contribution >= 4 is 0 Å². The maximum absolute atomic E-state index is 9.52. The van der Waals surface area contributed by atoms with Crippen molar-refractivity contribution in [2.75, 3.05) is 19.7 Å². The zero-order chi connectivity index (χ0) is 8.81. The fourth-order valence-corrected chi connectivity index (χ4v) is 1.59. The molecular formula is C8H18N2O2. The molecule has 4 heteroatoms. The van der Waals surface area contributed by atoms with Crippen LogP contribution in [0.3, 0.4) is 0 Å². The van der Waals surface area contributed by atoms with Gasteiger partial charge in [-0.1, -0.05) is 0 Å². The average Bonchev–Trinajstić information content (AvgIpc) is 2.09. The summed E-state index contributed by atoms with van der Waals surface area (Å²) in [6.07, 6.45) is 3.90. The maximum atomic E-state index is 9.52. The lowest BCUT2D eigenvalue weighted by Gasteiger charge is -2.31. The standard InChI is InChI=1S/C8H18N2O2/c9-12-7-3-6-10-5-2-1-4-8(10)11/h8,11H,1-7,9H2. The molecule has 0 amide bonds. The highest BCUT2D eigenvalue weighted by Crippen LogP contribution is 2.14. The topological polar surface area (TPSA) is 58.7 Å². The Bertz CT molecular complexity index is 122. The predicted molar refractivity (Wildman–Crippen MR) is 46.2 cm³/mol. The van der Waals surface area contributed by atoms with Crippen LogP contribution in [0, 0.1) is 0 Å². The minimum atomic E-state index is -0.239. The fourth-order valence-electron chi connectivity index (χ4n) is 1.59. The number of aliphatic hydroxyl groups excluding tert-OH is 1. The quantitative estimate of drug-likeness (QED) is 0.468. The van der Waals surface area contributed by atoms with E-state index < -0.39 is 0 Å². The molecule has 0 aromatic carbocycles. The highest BCUT2D eigenvalue weighted by molar-refractivity contribution is 4.67. The summed E-state index contributed by atoms with van der Waals surface area (Å²) >= 11 is 0. The zero-order valence-corrected chi connectivity index (χ0v) is 7.41. The molecular weight excluding hydrogens is 156 g/mol. The van der Waals surface area contributed by atoms with E-state index in [1.54, 1.807) is 0 Å². The predicted octanol–water partition coefficient (Wildman–Crippen LogP) is 0.0711. The second-order valence-corrected chi connectivity index (χ2v) is 3.24. The van der Waals surface area contributed by atoms with E-state index in [4.69, 9.17) is 5.90 Å². The van der Waals surface area contributed by atoms with Gasteiger partial charge in [-0.25, -0.2) is 5.90 Å². The molecule has 0 radical (unpaired) electrons. The van der Waals surface area contributed by atoms with Crippen LogP contribution >= 0.6 is 0 Å². The lowest BCUT2D eigenvalue weighted by atomic mass is 10.1. The number of nitrogens with zero attached hydrogens (tertiary/aromatic N) is 1. The second kappa shape index (κ2) is 5.48. The lowest BCUT2D eigenvalue weighted by Crippen LogP contribution is -2.40. The van der Waals surface area contributed by atoms with Gasteiger partial charge in [0, 0.05) is 13.1 Å². The second-order valence-electron chi connectivity index (χ2n) is 3.24. The minimum absolute atomic E-state index is 0.239. The maximum Gasteiger partial charge on any atom is 0.107 e. The van der Waals surface area contributed by atoms with Crippen LogP contribution in [0.1, 0.15) is 25.7 Å². The Kier molecular flexibility index (Phi) is 4.53. The minimum Gasteiger partial charge on any atom is -0.378 e. The molecule has 0 saturated carbocycles. The van der Waals surface area contributed by atoms with Crippen molar-refractivity contribution in [1.29, 1.82) is 0 Å². The van der Waals surface area contributed by atoms with Gasteiger partial charge in [-0.05, 0) is 25.7 Å². The van der Waals surface area contributed by atoms with Gasteiger partial charge in [-0.2, -0.15) is 0 Å². The number of likely N-dealkylation sites (tertiary alicyclic amines) is 1. The molecule has 0 aromatic rings. The number of rotatable bonds is 4. The SMILES string of the molecule is NOCCCN1CCCCC1O. The summed E-state index contributed by atoms with van der Waals surface area (Å²) in [4.78, 5) is 6.55.